The van der Waals surface area contributed by atoms with Gasteiger partial charge in [-0.2, -0.15) is 0 Å². The number of rotatable bonds is 1. The first kappa shape index (κ1) is 13.8. The zero-order valence-corrected chi connectivity index (χ0v) is 13.3. The third-order valence-electron chi connectivity index (χ3n) is 7.21. The molecule has 114 valence electrons. The number of fused-ring (bicyclic) bond motifs is 4. The van der Waals surface area contributed by atoms with Crippen LogP contribution in [0.4, 0.5) is 0 Å². The number of aliphatic hydroxyl groups is 1. The molecule has 1 fully saturated rings. The molecule has 21 heavy (non-hydrogen) atoms. The maximum absolute atomic E-state index is 9.95. The zero-order chi connectivity index (χ0) is 14.6. The highest BCUT2D eigenvalue weighted by Crippen LogP contribution is 2.61. The standard InChI is InChI=1S/C20H28O/c1-3-14-5-9-19-18-7-4-13-12-15(21)6-8-16(13)17(18)10-11-20(14,19)2/h3,5,15,17-19,21H,1,4,6-12H2,2H3/t15-,17?,18?,19?,20+/m0/s1. The minimum Gasteiger partial charge on any atom is -0.393 e. The lowest BCUT2D eigenvalue weighted by atomic mass is 9.53. The van der Waals surface area contributed by atoms with Gasteiger partial charge in [0.2, 0.25) is 0 Å². The molecule has 0 saturated heterocycles. The van der Waals surface area contributed by atoms with Crippen LogP contribution in [0.3, 0.4) is 0 Å². The molecule has 0 amide bonds. The van der Waals surface area contributed by atoms with Gasteiger partial charge in [0.25, 0.3) is 0 Å². The van der Waals surface area contributed by atoms with E-state index in [9.17, 15) is 5.11 Å². The predicted octanol–water partition coefficient (Wildman–Crippen LogP) is 4.79. The summed E-state index contributed by atoms with van der Waals surface area (Å²) >= 11 is 0. The van der Waals surface area contributed by atoms with Gasteiger partial charge in [-0.25, -0.2) is 0 Å². The van der Waals surface area contributed by atoms with E-state index in [4.69, 9.17) is 0 Å². The van der Waals surface area contributed by atoms with E-state index in [2.05, 4.69) is 25.7 Å². The van der Waals surface area contributed by atoms with Crippen molar-refractivity contribution in [3.05, 3.63) is 35.5 Å². The molecule has 0 radical (unpaired) electrons. The molecule has 0 aromatic rings. The third kappa shape index (κ3) is 1.93. The highest BCUT2D eigenvalue weighted by molar-refractivity contribution is 5.35. The van der Waals surface area contributed by atoms with Crippen LogP contribution < -0.4 is 0 Å². The van der Waals surface area contributed by atoms with E-state index >= 15 is 0 Å². The average Bonchev–Trinajstić information content (AvgIpc) is 2.83. The van der Waals surface area contributed by atoms with Crippen molar-refractivity contribution in [1.82, 2.24) is 0 Å². The molecule has 1 saturated carbocycles. The number of hydrogen-bond acceptors (Lipinski definition) is 1. The number of allylic oxidation sites excluding steroid dienone is 4. The lowest BCUT2D eigenvalue weighted by molar-refractivity contribution is 0.0513. The van der Waals surface area contributed by atoms with Crippen molar-refractivity contribution in [2.75, 3.05) is 0 Å². The summed E-state index contributed by atoms with van der Waals surface area (Å²) in [6.45, 7) is 6.54. The molecule has 3 unspecified atom stereocenters. The van der Waals surface area contributed by atoms with E-state index in [1.54, 1.807) is 11.1 Å². The minimum absolute atomic E-state index is 0.0605. The molecular formula is C20H28O. The first-order valence-corrected chi connectivity index (χ1v) is 8.85. The van der Waals surface area contributed by atoms with Crippen LogP contribution in [0, 0.1) is 23.2 Å². The van der Waals surface area contributed by atoms with Gasteiger partial charge < -0.3 is 5.11 Å². The van der Waals surface area contributed by atoms with E-state index in [0.29, 0.717) is 5.41 Å². The molecule has 0 aromatic heterocycles. The van der Waals surface area contributed by atoms with Crippen molar-refractivity contribution in [3.63, 3.8) is 0 Å². The highest BCUT2D eigenvalue weighted by atomic mass is 16.3. The normalized spacial score (nSPS) is 45.5. The van der Waals surface area contributed by atoms with E-state index in [0.717, 1.165) is 30.6 Å². The van der Waals surface area contributed by atoms with Gasteiger partial charge in [-0.1, -0.05) is 36.8 Å². The molecule has 4 rings (SSSR count). The van der Waals surface area contributed by atoms with Crippen LogP contribution in [0.15, 0.2) is 35.5 Å². The average molecular weight is 284 g/mol. The van der Waals surface area contributed by atoms with Gasteiger partial charge in [0.05, 0.1) is 6.10 Å². The molecular weight excluding hydrogens is 256 g/mol. The second-order valence-electron chi connectivity index (χ2n) is 8.00. The molecule has 1 heteroatoms. The molecule has 1 nitrogen and oxygen atoms in total. The molecule has 1 N–H and O–H groups in total. The summed E-state index contributed by atoms with van der Waals surface area (Å²) in [5, 5.41) is 9.95. The summed E-state index contributed by atoms with van der Waals surface area (Å²) in [6.07, 6.45) is 14.2. The molecule has 0 aliphatic heterocycles. The largest absolute Gasteiger partial charge is 0.393 e. The van der Waals surface area contributed by atoms with Crippen LogP contribution in [-0.4, -0.2) is 11.2 Å². The Labute approximate surface area is 128 Å². The van der Waals surface area contributed by atoms with Crippen LogP contribution in [0.5, 0.6) is 0 Å². The first-order valence-electron chi connectivity index (χ1n) is 8.85. The smallest absolute Gasteiger partial charge is 0.0580 e. The minimum atomic E-state index is -0.0605. The quantitative estimate of drug-likeness (QED) is 0.687. The van der Waals surface area contributed by atoms with Crippen LogP contribution in [0.25, 0.3) is 0 Å². The summed E-state index contributed by atoms with van der Waals surface area (Å²) in [5.41, 5.74) is 5.32. The van der Waals surface area contributed by atoms with E-state index in [-0.39, 0.29) is 6.10 Å². The van der Waals surface area contributed by atoms with Gasteiger partial charge in [0.15, 0.2) is 0 Å². The fourth-order valence-corrected chi connectivity index (χ4v) is 6.11. The highest BCUT2D eigenvalue weighted by Gasteiger charge is 2.51. The van der Waals surface area contributed by atoms with Gasteiger partial charge >= 0.3 is 0 Å². The SMILES string of the molecule is C=CC1=CCC2C3CCC4=C(CC[C@H](O)C4)C3CC[C@]12C. The fourth-order valence-electron chi connectivity index (χ4n) is 6.11. The van der Waals surface area contributed by atoms with Gasteiger partial charge in [-0.05, 0) is 80.1 Å². The number of hydrogen-bond donors (Lipinski definition) is 1. The molecule has 4 aliphatic carbocycles. The van der Waals surface area contributed by atoms with Crippen LogP contribution in [-0.2, 0) is 0 Å². The Kier molecular flexibility index (Phi) is 3.19. The Balaban J connectivity index is 1.64. The molecule has 0 spiro atoms. The summed E-state index contributed by atoms with van der Waals surface area (Å²) in [7, 11) is 0. The zero-order valence-electron chi connectivity index (χ0n) is 13.3. The lowest BCUT2D eigenvalue weighted by Crippen LogP contribution is -2.43. The third-order valence-corrected chi connectivity index (χ3v) is 7.21. The van der Waals surface area contributed by atoms with Gasteiger partial charge in [-0.3, -0.25) is 0 Å². The molecule has 0 aromatic carbocycles. The van der Waals surface area contributed by atoms with E-state index < -0.39 is 0 Å². The van der Waals surface area contributed by atoms with Gasteiger partial charge in [0, 0.05) is 0 Å². The Hall–Kier alpha value is -0.820. The van der Waals surface area contributed by atoms with Crippen molar-refractivity contribution in [3.8, 4) is 0 Å². The maximum atomic E-state index is 9.95. The Bertz CT molecular complexity index is 526. The first-order chi connectivity index (χ1) is 10.1. The van der Waals surface area contributed by atoms with Crippen molar-refractivity contribution >= 4 is 0 Å². The van der Waals surface area contributed by atoms with Crippen LogP contribution >= 0.6 is 0 Å². The van der Waals surface area contributed by atoms with Crippen molar-refractivity contribution < 1.29 is 5.11 Å². The molecule has 0 heterocycles. The Morgan fingerprint density at radius 2 is 2.14 bits per heavy atom. The van der Waals surface area contributed by atoms with Gasteiger partial charge in [0.1, 0.15) is 0 Å². The van der Waals surface area contributed by atoms with Crippen molar-refractivity contribution in [2.24, 2.45) is 23.2 Å². The maximum Gasteiger partial charge on any atom is 0.0580 e. The second kappa shape index (κ2) is 4.84. The van der Waals surface area contributed by atoms with Gasteiger partial charge in [-0.15, -0.1) is 0 Å². The predicted molar refractivity (Wildman–Crippen MR) is 86.8 cm³/mol. The summed E-state index contributed by atoms with van der Waals surface area (Å²) < 4.78 is 0. The summed E-state index contributed by atoms with van der Waals surface area (Å²) in [5.74, 6) is 2.55. The van der Waals surface area contributed by atoms with Crippen LogP contribution in [0.2, 0.25) is 0 Å². The Morgan fingerprint density at radius 1 is 1.29 bits per heavy atom. The van der Waals surface area contributed by atoms with Crippen LogP contribution in [0.1, 0.15) is 58.3 Å². The lowest BCUT2D eigenvalue weighted by Gasteiger charge is -2.51. The topological polar surface area (TPSA) is 20.2 Å². The number of aliphatic hydroxyl groups excluding tert-OH is 1. The fraction of sp³-hybridized carbons (Fsp3) is 0.700. The second-order valence-corrected chi connectivity index (χ2v) is 8.00. The molecule has 0 bridgehead atoms. The molecule has 5 atom stereocenters. The molecule has 4 aliphatic rings. The Morgan fingerprint density at radius 3 is 2.95 bits per heavy atom. The van der Waals surface area contributed by atoms with Crippen molar-refractivity contribution in [1.29, 1.82) is 0 Å². The van der Waals surface area contributed by atoms with Crippen molar-refractivity contribution in [2.45, 2.75) is 64.4 Å². The monoisotopic (exact) mass is 284 g/mol. The van der Waals surface area contributed by atoms with E-state index in [1.165, 1.54) is 44.1 Å². The van der Waals surface area contributed by atoms with E-state index in [1.807, 2.05) is 0 Å². The summed E-state index contributed by atoms with van der Waals surface area (Å²) in [6, 6.07) is 0. The summed E-state index contributed by atoms with van der Waals surface area (Å²) in [4.78, 5) is 0.